The summed E-state index contributed by atoms with van der Waals surface area (Å²) in [6, 6.07) is 3.57. The van der Waals surface area contributed by atoms with Gasteiger partial charge in [0.15, 0.2) is 0 Å². The quantitative estimate of drug-likeness (QED) is 0.700. The van der Waals surface area contributed by atoms with E-state index in [2.05, 4.69) is 10.1 Å². The van der Waals surface area contributed by atoms with Crippen molar-refractivity contribution in [3.63, 3.8) is 0 Å². The van der Waals surface area contributed by atoms with Crippen molar-refractivity contribution in [2.24, 2.45) is 7.05 Å². The number of aromatic nitrogens is 3. The van der Waals surface area contributed by atoms with Crippen molar-refractivity contribution >= 4 is 33.4 Å². The lowest BCUT2D eigenvalue weighted by Gasteiger charge is -2.07. The van der Waals surface area contributed by atoms with Gasteiger partial charge in [0.1, 0.15) is 0 Å². The number of nitrogens with zero attached hydrogens (tertiary/aromatic N) is 2. The molecule has 0 atom stereocenters. The first-order valence-electron chi connectivity index (χ1n) is 5.39. The Morgan fingerprint density at radius 3 is 2.94 bits per heavy atom. The largest absolute Gasteiger partial charge is 0.392 e. The molecule has 18 heavy (non-hydrogen) atoms. The van der Waals surface area contributed by atoms with E-state index in [1.807, 2.05) is 6.07 Å². The summed E-state index contributed by atoms with van der Waals surface area (Å²) >= 11 is 6.17. The summed E-state index contributed by atoms with van der Waals surface area (Å²) in [5, 5.41) is 15.0. The number of aryl methyl sites for hydroxylation is 1. The fourth-order valence-electron chi connectivity index (χ4n) is 2.16. The number of halogens is 1. The molecule has 0 saturated heterocycles. The third-order valence-electron chi connectivity index (χ3n) is 3.07. The van der Waals surface area contributed by atoms with E-state index in [0.717, 1.165) is 10.9 Å². The van der Waals surface area contributed by atoms with Crippen LogP contribution < -0.4 is 5.56 Å². The summed E-state index contributed by atoms with van der Waals surface area (Å²) in [5.74, 6) is 0. The van der Waals surface area contributed by atoms with Crippen molar-refractivity contribution < 1.29 is 5.11 Å². The Balaban J connectivity index is 2.61. The maximum absolute atomic E-state index is 11.9. The minimum Gasteiger partial charge on any atom is -0.392 e. The number of aliphatic hydroxyl groups is 1. The maximum Gasteiger partial charge on any atom is 0.259 e. The molecule has 0 unspecified atom stereocenters. The Labute approximate surface area is 107 Å². The van der Waals surface area contributed by atoms with Crippen LogP contribution in [0.3, 0.4) is 0 Å². The zero-order valence-electron chi connectivity index (χ0n) is 9.57. The lowest BCUT2D eigenvalue weighted by atomic mass is 10.1. The second-order valence-corrected chi connectivity index (χ2v) is 4.48. The van der Waals surface area contributed by atoms with Crippen molar-refractivity contribution in [3.8, 4) is 0 Å². The predicted octanol–water partition coefficient (Wildman–Crippen LogP) is 1.56. The lowest BCUT2D eigenvalue weighted by molar-refractivity contribution is 0.282. The molecule has 0 radical (unpaired) electrons. The third kappa shape index (κ3) is 1.38. The van der Waals surface area contributed by atoms with Gasteiger partial charge >= 0.3 is 0 Å². The molecule has 92 valence electrons. The third-order valence-corrected chi connectivity index (χ3v) is 3.50. The van der Waals surface area contributed by atoms with Crippen LogP contribution in [0.1, 0.15) is 5.56 Å². The number of nitrogens with one attached hydrogen (secondary N) is 1. The highest BCUT2D eigenvalue weighted by Gasteiger charge is 2.13. The summed E-state index contributed by atoms with van der Waals surface area (Å²) < 4.78 is 1.64. The standard InChI is InChI=1S/C12H10ClN3O2/c1-16-11-7-3-2-6(5-17)9(13)10(7)15-12(18)8(11)4-14-16/h2-4,17H,5H2,1H3,(H,15,18). The number of aromatic amines is 1. The van der Waals surface area contributed by atoms with E-state index in [0.29, 0.717) is 21.5 Å². The molecule has 2 N–H and O–H groups in total. The molecule has 1 aromatic carbocycles. The number of pyridine rings is 1. The summed E-state index contributed by atoms with van der Waals surface area (Å²) in [6.45, 7) is -0.166. The molecule has 0 spiro atoms. The van der Waals surface area contributed by atoms with Gasteiger partial charge < -0.3 is 10.1 Å². The van der Waals surface area contributed by atoms with E-state index in [1.165, 1.54) is 6.20 Å². The Hall–Kier alpha value is -1.85. The van der Waals surface area contributed by atoms with E-state index in [1.54, 1.807) is 17.8 Å². The van der Waals surface area contributed by atoms with Crippen LogP contribution in [0.25, 0.3) is 21.8 Å². The second kappa shape index (κ2) is 3.83. The van der Waals surface area contributed by atoms with Gasteiger partial charge in [-0.3, -0.25) is 9.48 Å². The lowest BCUT2D eigenvalue weighted by Crippen LogP contribution is -2.07. The number of aliphatic hydroxyl groups excluding tert-OH is 1. The van der Waals surface area contributed by atoms with Gasteiger partial charge in [-0.05, 0) is 5.56 Å². The molecule has 6 heteroatoms. The number of rotatable bonds is 1. The van der Waals surface area contributed by atoms with Crippen LogP contribution in [0.2, 0.25) is 5.02 Å². The topological polar surface area (TPSA) is 70.9 Å². The Morgan fingerprint density at radius 1 is 1.44 bits per heavy atom. The average Bonchev–Trinajstić information content (AvgIpc) is 2.74. The van der Waals surface area contributed by atoms with Gasteiger partial charge in [0.2, 0.25) is 0 Å². The van der Waals surface area contributed by atoms with Crippen molar-refractivity contribution in [2.75, 3.05) is 0 Å². The normalized spacial score (nSPS) is 11.5. The van der Waals surface area contributed by atoms with Gasteiger partial charge in [0.05, 0.1) is 34.2 Å². The van der Waals surface area contributed by atoms with E-state index >= 15 is 0 Å². The molecule has 2 aromatic heterocycles. The first-order chi connectivity index (χ1) is 8.63. The van der Waals surface area contributed by atoms with Crippen LogP contribution in [-0.2, 0) is 13.7 Å². The molecule has 2 heterocycles. The number of hydrogen-bond acceptors (Lipinski definition) is 3. The van der Waals surface area contributed by atoms with Gasteiger partial charge in [0.25, 0.3) is 5.56 Å². The van der Waals surface area contributed by atoms with Gasteiger partial charge in [0, 0.05) is 12.4 Å². The maximum atomic E-state index is 11.9. The van der Waals surface area contributed by atoms with Gasteiger partial charge in [-0.25, -0.2) is 0 Å². The van der Waals surface area contributed by atoms with Crippen molar-refractivity contribution in [2.45, 2.75) is 6.61 Å². The Morgan fingerprint density at radius 2 is 2.22 bits per heavy atom. The minimum atomic E-state index is -0.234. The fraction of sp³-hybridized carbons (Fsp3) is 0.167. The van der Waals surface area contributed by atoms with Crippen molar-refractivity contribution in [1.29, 1.82) is 0 Å². The van der Waals surface area contributed by atoms with E-state index in [-0.39, 0.29) is 12.2 Å². The Kier molecular flexibility index (Phi) is 2.39. The van der Waals surface area contributed by atoms with Gasteiger partial charge in [-0.2, -0.15) is 5.10 Å². The first-order valence-corrected chi connectivity index (χ1v) is 5.77. The van der Waals surface area contributed by atoms with Crippen LogP contribution in [0.15, 0.2) is 23.1 Å². The molecule has 0 aliphatic heterocycles. The van der Waals surface area contributed by atoms with E-state index in [4.69, 9.17) is 11.6 Å². The molecule has 0 aliphatic carbocycles. The zero-order valence-corrected chi connectivity index (χ0v) is 10.3. The first kappa shape index (κ1) is 11.3. The summed E-state index contributed by atoms with van der Waals surface area (Å²) in [6.07, 6.45) is 1.53. The summed E-state index contributed by atoms with van der Waals surface area (Å²) in [4.78, 5) is 14.7. The van der Waals surface area contributed by atoms with Crippen molar-refractivity contribution in [3.05, 3.63) is 39.3 Å². The molecule has 0 bridgehead atoms. The van der Waals surface area contributed by atoms with Crippen LogP contribution in [0, 0.1) is 0 Å². The van der Waals surface area contributed by atoms with Crippen LogP contribution in [0.5, 0.6) is 0 Å². The van der Waals surface area contributed by atoms with Crippen molar-refractivity contribution in [1.82, 2.24) is 14.8 Å². The molecule has 0 fully saturated rings. The molecule has 0 amide bonds. The summed E-state index contributed by atoms with van der Waals surface area (Å²) in [5.41, 5.74) is 1.62. The predicted molar refractivity (Wildman–Crippen MR) is 69.8 cm³/mol. The summed E-state index contributed by atoms with van der Waals surface area (Å²) in [7, 11) is 1.77. The molecule has 0 saturated carbocycles. The smallest absolute Gasteiger partial charge is 0.259 e. The van der Waals surface area contributed by atoms with E-state index in [9.17, 15) is 9.90 Å². The number of benzene rings is 1. The molecule has 3 rings (SSSR count). The highest BCUT2D eigenvalue weighted by Crippen LogP contribution is 2.29. The van der Waals surface area contributed by atoms with Gasteiger partial charge in [-0.15, -0.1) is 0 Å². The highest BCUT2D eigenvalue weighted by molar-refractivity contribution is 6.36. The van der Waals surface area contributed by atoms with Gasteiger partial charge in [-0.1, -0.05) is 23.7 Å². The number of H-pyrrole nitrogens is 1. The van der Waals surface area contributed by atoms with Crippen LogP contribution in [0.4, 0.5) is 0 Å². The SMILES string of the molecule is Cn1ncc2c(=O)[nH]c3c(Cl)c(CO)ccc3c21. The monoisotopic (exact) mass is 263 g/mol. The molecule has 5 nitrogen and oxygen atoms in total. The minimum absolute atomic E-state index is 0.166. The van der Waals surface area contributed by atoms with Crippen LogP contribution in [-0.4, -0.2) is 19.9 Å². The average molecular weight is 264 g/mol. The Bertz CT molecular complexity index is 819. The van der Waals surface area contributed by atoms with E-state index < -0.39 is 0 Å². The highest BCUT2D eigenvalue weighted by atomic mass is 35.5. The number of hydrogen-bond donors (Lipinski definition) is 2. The fourth-order valence-corrected chi connectivity index (χ4v) is 2.44. The molecular weight excluding hydrogens is 254 g/mol. The second-order valence-electron chi connectivity index (χ2n) is 4.10. The zero-order chi connectivity index (χ0) is 12.9. The number of fused-ring (bicyclic) bond motifs is 3. The molecule has 0 aliphatic rings. The van der Waals surface area contributed by atoms with Crippen LogP contribution >= 0.6 is 11.6 Å². The molecule has 3 aromatic rings. The molecular formula is C12H10ClN3O2.